The lowest BCUT2D eigenvalue weighted by atomic mass is 10.1. The minimum absolute atomic E-state index is 0.0540. The largest absolute Gasteiger partial charge is 0.378 e. The fourth-order valence-electron chi connectivity index (χ4n) is 0.975. The Kier molecular flexibility index (Phi) is 2.09. The summed E-state index contributed by atoms with van der Waals surface area (Å²) < 4.78 is 5.12. The van der Waals surface area contributed by atoms with Crippen molar-refractivity contribution in [1.82, 2.24) is 0 Å². The van der Waals surface area contributed by atoms with E-state index < -0.39 is 0 Å². The lowest BCUT2D eigenvalue weighted by molar-refractivity contribution is -0.115. The Hall–Kier alpha value is -0.0800. The number of rotatable bonds is 1. The van der Waals surface area contributed by atoms with Crippen LogP contribution in [0, 0.1) is 5.92 Å². The van der Waals surface area contributed by atoms with Gasteiger partial charge in [0.05, 0.1) is 18.6 Å². The van der Waals surface area contributed by atoms with Crippen LogP contribution in [0.2, 0.25) is 0 Å². The van der Waals surface area contributed by atoms with E-state index in [0.717, 1.165) is 6.42 Å². The topological polar surface area (TPSA) is 26.3 Å². The zero-order valence-electron chi connectivity index (χ0n) is 5.26. The van der Waals surface area contributed by atoms with Crippen LogP contribution in [0.15, 0.2) is 0 Å². The van der Waals surface area contributed by atoms with Crippen molar-refractivity contribution in [2.75, 3.05) is 6.61 Å². The summed E-state index contributed by atoms with van der Waals surface area (Å²) in [6, 6.07) is 0. The lowest BCUT2D eigenvalue weighted by Crippen LogP contribution is -2.07. The van der Waals surface area contributed by atoms with Crippen LogP contribution in [-0.2, 0) is 9.53 Å². The zero-order chi connectivity index (χ0) is 6.85. The first kappa shape index (κ1) is 7.03. The van der Waals surface area contributed by atoms with Crippen LogP contribution >= 0.6 is 11.6 Å². The van der Waals surface area contributed by atoms with E-state index in [2.05, 4.69) is 0 Å². The van der Waals surface area contributed by atoms with E-state index in [4.69, 9.17) is 16.3 Å². The molecule has 0 radical (unpaired) electrons. The third-order valence-corrected chi connectivity index (χ3v) is 1.83. The summed E-state index contributed by atoms with van der Waals surface area (Å²) in [6.07, 6.45) is 0.986. The van der Waals surface area contributed by atoms with Crippen LogP contribution in [0.3, 0.4) is 0 Å². The lowest BCUT2D eigenvalue weighted by Gasteiger charge is -1.96. The van der Waals surface area contributed by atoms with Gasteiger partial charge in [-0.15, -0.1) is 0 Å². The van der Waals surface area contributed by atoms with Crippen LogP contribution in [0.1, 0.15) is 13.3 Å². The van der Waals surface area contributed by atoms with Crippen molar-refractivity contribution in [3.8, 4) is 0 Å². The number of carbonyl (C=O) groups excluding carboxylic acids is 1. The van der Waals surface area contributed by atoms with E-state index in [-0.39, 0.29) is 17.3 Å². The molecule has 52 valence electrons. The van der Waals surface area contributed by atoms with Crippen molar-refractivity contribution in [3.05, 3.63) is 0 Å². The highest BCUT2D eigenvalue weighted by atomic mass is 35.5. The molecule has 1 rings (SSSR count). The molecule has 0 aromatic heterocycles. The maximum absolute atomic E-state index is 10.5. The van der Waals surface area contributed by atoms with E-state index in [1.165, 1.54) is 0 Å². The second-order valence-corrected chi connectivity index (χ2v) is 2.75. The minimum atomic E-state index is -0.264. The second kappa shape index (κ2) is 2.67. The van der Waals surface area contributed by atoms with Crippen molar-refractivity contribution < 1.29 is 9.53 Å². The molecule has 1 aliphatic heterocycles. The zero-order valence-corrected chi connectivity index (χ0v) is 6.02. The normalized spacial score (nSPS) is 34.9. The molecule has 2 atom stereocenters. The molecule has 1 saturated heterocycles. The molecule has 0 aromatic carbocycles. The van der Waals surface area contributed by atoms with Crippen molar-refractivity contribution >= 4 is 16.8 Å². The number of hydrogen-bond acceptors (Lipinski definition) is 2. The van der Waals surface area contributed by atoms with Gasteiger partial charge in [0, 0.05) is 0 Å². The summed E-state index contributed by atoms with van der Waals surface area (Å²) >= 11 is 5.23. The molecular formula is C6H9ClO2. The first-order valence-corrected chi connectivity index (χ1v) is 3.39. The fourth-order valence-corrected chi connectivity index (χ4v) is 1.13. The SMILES string of the molecule is CC1CC(C(=O)Cl)CO1. The third kappa shape index (κ3) is 1.66. The van der Waals surface area contributed by atoms with E-state index in [1.807, 2.05) is 6.92 Å². The second-order valence-electron chi connectivity index (χ2n) is 2.38. The highest BCUT2D eigenvalue weighted by molar-refractivity contribution is 6.64. The molecule has 0 aliphatic carbocycles. The Labute approximate surface area is 59.1 Å². The molecule has 2 nitrogen and oxygen atoms in total. The third-order valence-electron chi connectivity index (χ3n) is 1.52. The average Bonchev–Trinajstić information content (AvgIpc) is 2.14. The summed E-state index contributed by atoms with van der Waals surface area (Å²) in [7, 11) is 0. The standard InChI is InChI=1S/C6H9ClO2/c1-4-2-5(3-9-4)6(7)8/h4-5H,2-3H2,1H3. The van der Waals surface area contributed by atoms with Gasteiger partial charge in [0.25, 0.3) is 0 Å². The van der Waals surface area contributed by atoms with Gasteiger partial charge in [-0.3, -0.25) is 4.79 Å². The van der Waals surface area contributed by atoms with Gasteiger partial charge in [0.2, 0.25) is 5.24 Å². The number of hydrogen-bond donors (Lipinski definition) is 0. The first-order valence-electron chi connectivity index (χ1n) is 3.01. The molecule has 0 aromatic rings. The minimum Gasteiger partial charge on any atom is -0.378 e. The molecule has 9 heavy (non-hydrogen) atoms. The smallest absolute Gasteiger partial charge is 0.227 e. The number of carbonyl (C=O) groups is 1. The summed E-state index contributed by atoms with van der Waals surface area (Å²) in [4.78, 5) is 10.5. The van der Waals surface area contributed by atoms with Gasteiger partial charge in [0.1, 0.15) is 0 Å². The molecule has 0 amide bonds. The maximum atomic E-state index is 10.5. The van der Waals surface area contributed by atoms with E-state index in [9.17, 15) is 4.79 Å². The number of halogens is 1. The van der Waals surface area contributed by atoms with Gasteiger partial charge in [-0.1, -0.05) is 0 Å². The van der Waals surface area contributed by atoms with Gasteiger partial charge >= 0.3 is 0 Å². The van der Waals surface area contributed by atoms with Gasteiger partial charge in [-0.05, 0) is 24.9 Å². The highest BCUT2D eigenvalue weighted by Gasteiger charge is 2.26. The number of ether oxygens (including phenoxy) is 1. The molecule has 1 aliphatic rings. The van der Waals surface area contributed by atoms with Gasteiger partial charge in [0.15, 0.2) is 0 Å². The van der Waals surface area contributed by atoms with E-state index in [1.54, 1.807) is 0 Å². The van der Waals surface area contributed by atoms with Crippen molar-refractivity contribution in [2.45, 2.75) is 19.4 Å². The quantitative estimate of drug-likeness (QED) is 0.522. The molecule has 0 saturated carbocycles. The molecule has 0 bridgehead atoms. The summed E-state index contributed by atoms with van der Waals surface area (Å²) in [6.45, 7) is 2.45. The van der Waals surface area contributed by atoms with Crippen LogP contribution in [0.25, 0.3) is 0 Å². The van der Waals surface area contributed by atoms with E-state index >= 15 is 0 Å². The van der Waals surface area contributed by atoms with Gasteiger partial charge < -0.3 is 4.74 Å². The van der Waals surface area contributed by atoms with Gasteiger partial charge in [-0.25, -0.2) is 0 Å². The highest BCUT2D eigenvalue weighted by Crippen LogP contribution is 2.20. The molecular weight excluding hydrogens is 140 g/mol. The van der Waals surface area contributed by atoms with Crippen molar-refractivity contribution in [3.63, 3.8) is 0 Å². The van der Waals surface area contributed by atoms with Crippen LogP contribution in [-0.4, -0.2) is 18.0 Å². The first-order chi connectivity index (χ1) is 4.20. The Balaban J connectivity index is 2.39. The molecule has 0 spiro atoms. The van der Waals surface area contributed by atoms with Crippen LogP contribution < -0.4 is 0 Å². The van der Waals surface area contributed by atoms with Crippen molar-refractivity contribution in [1.29, 1.82) is 0 Å². The van der Waals surface area contributed by atoms with E-state index in [0.29, 0.717) is 6.61 Å². The molecule has 1 heterocycles. The molecule has 1 fully saturated rings. The predicted octanol–water partition coefficient (Wildman–Crippen LogP) is 1.18. The summed E-state index contributed by atoms with van der Waals surface area (Å²) in [5, 5.41) is -0.264. The molecule has 0 N–H and O–H groups in total. The van der Waals surface area contributed by atoms with Gasteiger partial charge in [-0.2, -0.15) is 0 Å². The predicted molar refractivity (Wildman–Crippen MR) is 34.4 cm³/mol. The molecule has 2 unspecified atom stereocenters. The average molecular weight is 149 g/mol. The Morgan fingerprint density at radius 3 is 2.67 bits per heavy atom. The van der Waals surface area contributed by atoms with Crippen LogP contribution in [0.5, 0.6) is 0 Å². The Morgan fingerprint density at radius 2 is 2.44 bits per heavy atom. The Morgan fingerprint density at radius 1 is 1.78 bits per heavy atom. The molecule has 3 heteroatoms. The summed E-state index contributed by atoms with van der Waals surface area (Å²) in [5.41, 5.74) is 0. The fraction of sp³-hybridized carbons (Fsp3) is 0.833. The Bertz CT molecular complexity index is 124. The van der Waals surface area contributed by atoms with Crippen LogP contribution in [0.4, 0.5) is 0 Å². The maximum Gasteiger partial charge on any atom is 0.227 e. The van der Waals surface area contributed by atoms with Crippen molar-refractivity contribution in [2.24, 2.45) is 5.92 Å². The summed E-state index contributed by atoms with van der Waals surface area (Å²) in [5.74, 6) is -0.0540. The monoisotopic (exact) mass is 148 g/mol.